The smallest absolute Gasteiger partial charge is 0.341 e. The predicted octanol–water partition coefficient (Wildman–Crippen LogP) is 2.71. The first-order valence-corrected chi connectivity index (χ1v) is 5.60. The Morgan fingerprint density at radius 2 is 2.38 bits per heavy atom. The first kappa shape index (κ1) is 10.9. The molecule has 0 aliphatic carbocycles. The number of ether oxygens (including phenoxy) is 1. The Labute approximate surface area is 96.9 Å². The number of thiazole rings is 1. The maximum atomic E-state index is 11.5. The van der Waals surface area contributed by atoms with E-state index >= 15 is 0 Å². The second-order valence-corrected chi connectivity index (χ2v) is 4.63. The summed E-state index contributed by atoms with van der Waals surface area (Å²) in [6.45, 7) is 4.14. The molecule has 0 saturated heterocycles. The van der Waals surface area contributed by atoms with Gasteiger partial charge in [-0.2, -0.15) is 0 Å². The molecule has 0 amide bonds. The molecule has 0 spiro atoms. The van der Waals surface area contributed by atoms with Gasteiger partial charge in [-0.3, -0.25) is 0 Å². The van der Waals surface area contributed by atoms with Crippen molar-refractivity contribution in [1.29, 1.82) is 0 Å². The second kappa shape index (κ2) is 4.49. The highest BCUT2D eigenvalue weighted by Gasteiger charge is 2.10. The van der Waals surface area contributed by atoms with Crippen LogP contribution in [0.2, 0.25) is 0 Å². The SMILES string of the molecule is Cc1nc(COC(=O)c2ccoc2)sc1C. The minimum absolute atomic E-state index is 0.212. The molecule has 0 aromatic carbocycles. The Morgan fingerprint density at radius 1 is 1.56 bits per heavy atom. The fraction of sp³-hybridized carbons (Fsp3) is 0.273. The first-order valence-electron chi connectivity index (χ1n) is 4.79. The van der Waals surface area contributed by atoms with E-state index in [-0.39, 0.29) is 12.6 Å². The molecule has 0 saturated carbocycles. The Bertz CT molecular complexity index is 468. The van der Waals surface area contributed by atoms with Crippen molar-refractivity contribution in [3.05, 3.63) is 39.7 Å². The van der Waals surface area contributed by atoms with E-state index in [0.717, 1.165) is 15.6 Å². The van der Waals surface area contributed by atoms with Crippen molar-refractivity contribution < 1.29 is 13.9 Å². The van der Waals surface area contributed by atoms with Gasteiger partial charge in [-0.05, 0) is 19.9 Å². The summed E-state index contributed by atoms with van der Waals surface area (Å²) in [5, 5.41) is 0.812. The molecule has 2 rings (SSSR count). The highest BCUT2D eigenvalue weighted by molar-refractivity contribution is 7.11. The van der Waals surface area contributed by atoms with Crippen LogP contribution in [0.4, 0.5) is 0 Å². The van der Waals surface area contributed by atoms with Gasteiger partial charge in [0.15, 0.2) is 0 Å². The Balaban J connectivity index is 1.95. The van der Waals surface area contributed by atoms with Gasteiger partial charge in [0, 0.05) is 4.88 Å². The molecular weight excluding hydrogens is 226 g/mol. The third-order valence-corrected chi connectivity index (χ3v) is 3.20. The van der Waals surface area contributed by atoms with Crippen molar-refractivity contribution in [2.45, 2.75) is 20.5 Å². The molecule has 5 heteroatoms. The summed E-state index contributed by atoms with van der Waals surface area (Å²) >= 11 is 1.54. The summed E-state index contributed by atoms with van der Waals surface area (Å²) in [6, 6.07) is 1.57. The highest BCUT2D eigenvalue weighted by atomic mass is 32.1. The molecule has 0 radical (unpaired) electrons. The molecule has 16 heavy (non-hydrogen) atoms. The molecule has 0 bridgehead atoms. The lowest BCUT2D eigenvalue weighted by Crippen LogP contribution is -2.03. The molecule has 0 aliphatic rings. The van der Waals surface area contributed by atoms with Crippen LogP contribution in [0.25, 0.3) is 0 Å². The lowest BCUT2D eigenvalue weighted by atomic mass is 10.3. The number of carbonyl (C=O) groups excluding carboxylic acids is 1. The first-order chi connectivity index (χ1) is 7.66. The van der Waals surface area contributed by atoms with E-state index in [1.54, 1.807) is 17.4 Å². The fourth-order valence-electron chi connectivity index (χ4n) is 1.19. The number of hydrogen-bond donors (Lipinski definition) is 0. The van der Waals surface area contributed by atoms with Crippen molar-refractivity contribution >= 4 is 17.3 Å². The quantitative estimate of drug-likeness (QED) is 0.770. The summed E-state index contributed by atoms with van der Waals surface area (Å²) in [5.41, 5.74) is 1.41. The van der Waals surface area contributed by atoms with Crippen LogP contribution in [0.3, 0.4) is 0 Å². The van der Waals surface area contributed by atoms with Gasteiger partial charge in [0.1, 0.15) is 17.9 Å². The second-order valence-electron chi connectivity index (χ2n) is 3.34. The highest BCUT2D eigenvalue weighted by Crippen LogP contribution is 2.17. The molecule has 84 valence electrons. The minimum atomic E-state index is -0.390. The molecule has 2 aromatic rings. The van der Waals surface area contributed by atoms with Crippen LogP contribution in [-0.4, -0.2) is 11.0 Å². The summed E-state index contributed by atoms with van der Waals surface area (Å²) < 4.78 is 9.89. The molecule has 0 N–H and O–H groups in total. The van der Waals surface area contributed by atoms with E-state index in [1.165, 1.54) is 12.5 Å². The predicted molar refractivity (Wildman–Crippen MR) is 59.4 cm³/mol. The zero-order valence-electron chi connectivity index (χ0n) is 9.02. The third-order valence-electron chi connectivity index (χ3n) is 2.16. The van der Waals surface area contributed by atoms with Gasteiger partial charge in [-0.15, -0.1) is 11.3 Å². The van der Waals surface area contributed by atoms with Gasteiger partial charge in [0.25, 0.3) is 0 Å². The van der Waals surface area contributed by atoms with Crippen LogP contribution in [-0.2, 0) is 11.3 Å². The zero-order valence-corrected chi connectivity index (χ0v) is 9.84. The topological polar surface area (TPSA) is 52.3 Å². The standard InChI is InChI=1S/C11H11NO3S/c1-7-8(2)16-10(12-7)6-15-11(13)9-3-4-14-5-9/h3-5H,6H2,1-2H3. The number of furan rings is 1. The van der Waals surface area contributed by atoms with Crippen LogP contribution < -0.4 is 0 Å². The van der Waals surface area contributed by atoms with Crippen LogP contribution in [0.15, 0.2) is 23.0 Å². The van der Waals surface area contributed by atoms with Gasteiger partial charge in [-0.1, -0.05) is 0 Å². The molecule has 2 heterocycles. The number of aryl methyl sites for hydroxylation is 2. The largest absolute Gasteiger partial charge is 0.472 e. The molecule has 0 unspecified atom stereocenters. The van der Waals surface area contributed by atoms with Crippen molar-refractivity contribution in [2.24, 2.45) is 0 Å². The van der Waals surface area contributed by atoms with E-state index in [0.29, 0.717) is 5.56 Å². The van der Waals surface area contributed by atoms with Gasteiger partial charge in [-0.25, -0.2) is 9.78 Å². The maximum absolute atomic E-state index is 11.5. The molecule has 2 aromatic heterocycles. The van der Waals surface area contributed by atoms with Gasteiger partial charge < -0.3 is 9.15 Å². The monoisotopic (exact) mass is 237 g/mol. The van der Waals surface area contributed by atoms with Crippen molar-refractivity contribution in [2.75, 3.05) is 0 Å². The molecule has 0 fully saturated rings. The lowest BCUT2D eigenvalue weighted by Gasteiger charge is -1.99. The van der Waals surface area contributed by atoms with Gasteiger partial charge >= 0.3 is 5.97 Å². The average Bonchev–Trinajstić information content (AvgIpc) is 2.86. The van der Waals surface area contributed by atoms with E-state index < -0.39 is 0 Å². The molecule has 4 nitrogen and oxygen atoms in total. The molecule has 0 aliphatic heterocycles. The summed E-state index contributed by atoms with van der Waals surface area (Å²) in [4.78, 5) is 16.9. The van der Waals surface area contributed by atoms with E-state index in [2.05, 4.69) is 4.98 Å². The maximum Gasteiger partial charge on any atom is 0.341 e. The van der Waals surface area contributed by atoms with Crippen molar-refractivity contribution in [1.82, 2.24) is 4.98 Å². The fourth-order valence-corrected chi connectivity index (χ4v) is 2.04. The van der Waals surface area contributed by atoms with Crippen LogP contribution in [0.1, 0.15) is 25.9 Å². The van der Waals surface area contributed by atoms with Crippen LogP contribution in [0, 0.1) is 13.8 Å². The Hall–Kier alpha value is -1.62. The summed E-state index contributed by atoms with van der Waals surface area (Å²) in [6.07, 6.45) is 2.80. The number of rotatable bonds is 3. The number of nitrogens with zero attached hydrogens (tertiary/aromatic N) is 1. The number of esters is 1. The van der Waals surface area contributed by atoms with E-state index in [1.807, 2.05) is 13.8 Å². The van der Waals surface area contributed by atoms with E-state index in [9.17, 15) is 4.79 Å². The third kappa shape index (κ3) is 2.30. The summed E-state index contributed by atoms with van der Waals surface area (Å²) in [5.74, 6) is -0.390. The minimum Gasteiger partial charge on any atom is -0.472 e. The number of hydrogen-bond acceptors (Lipinski definition) is 5. The zero-order chi connectivity index (χ0) is 11.5. The van der Waals surface area contributed by atoms with Crippen LogP contribution >= 0.6 is 11.3 Å². The Morgan fingerprint density at radius 3 is 2.94 bits per heavy atom. The lowest BCUT2D eigenvalue weighted by molar-refractivity contribution is 0.0471. The normalized spacial score (nSPS) is 10.4. The average molecular weight is 237 g/mol. The van der Waals surface area contributed by atoms with E-state index in [4.69, 9.17) is 9.15 Å². The van der Waals surface area contributed by atoms with Gasteiger partial charge in [0.2, 0.25) is 0 Å². The summed E-state index contributed by atoms with van der Waals surface area (Å²) in [7, 11) is 0. The number of carbonyl (C=O) groups is 1. The molecular formula is C11H11NO3S. The molecule has 0 atom stereocenters. The van der Waals surface area contributed by atoms with Crippen molar-refractivity contribution in [3.63, 3.8) is 0 Å². The van der Waals surface area contributed by atoms with Crippen LogP contribution in [0.5, 0.6) is 0 Å². The van der Waals surface area contributed by atoms with Crippen molar-refractivity contribution in [3.8, 4) is 0 Å². The van der Waals surface area contributed by atoms with Gasteiger partial charge in [0.05, 0.1) is 17.5 Å². The number of aromatic nitrogens is 1. The Kier molecular flexibility index (Phi) is 3.05.